The highest BCUT2D eigenvalue weighted by Crippen LogP contribution is 2.31. The van der Waals surface area contributed by atoms with Gasteiger partial charge in [0.25, 0.3) is 0 Å². The van der Waals surface area contributed by atoms with Crippen LogP contribution in [0.25, 0.3) is 17.1 Å². The third-order valence-electron chi connectivity index (χ3n) is 7.85. The number of fused-ring (bicyclic) bond motifs is 4. The molecule has 0 radical (unpaired) electrons. The van der Waals surface area contributed by atoms with E-state index in [0.29, 0.717) is 17.8 Å². The molecule has 1 atom stereocenters. The number of hydrogen-bond donors (Lipinski definition) is 3. The van der Waals surface area contributed by atoms with Crippen LogP contribution >= 0.6 is 0 Å². The first-order chi connectivity index (χ1) is 19.0. The summed E-state index contributed by atoms with van der Waals surface area (Å²) in [6, 6.07) is 17.6. The van der Waals surface area contributed by atoms with Gasteiger partial charge in [-0.05, 0) is 99.5 Å². The normalized spacial score (nSPS) is 16.6. The molecule has 9 heteroatoms. The van der Waals surface area contributed by atoms with Gasteiger partial charge in [0.15, 0.2) is 5.82 Å². The molecule has 1 unspecified atom stereocenters. The van der Waals surface area contributed by atoms with E-state index in [-0.39, 0.29) is 5.95 Å². The maximum atomic E-state index is 6.29. The third kappa shape index (κ3) is 5.65. The zero-order chi connectivity index (χ0) is 26.8. The average molecular weight is 524 g/mol. The highest BCUT2D eigenvalue weighted by Gasteiger charge is 2.20. The fourth-order valence-electron chi connectivity index (χ4n) is 5.73. The van der Waals surface area contributed by atoms with E-state index in [9.17, 15) is 0 Å². The largest absolute Gasteiger partial charge is 0.368 e. The van der Waals surface area contributed by atoms with E-state index in [4.69, 9.17) is 5.73 Å². The lowest BCUT2D eigenvalue weighted by molar-refractivity contribution is 0.372. The lowest BCUT2D eigenvalue weighted by atomic mass is 10.0. The molecule has 6 rings (SSSR count). The SMILES string of the molecule is CN(C)CCNC1CCc2ccc(Nc3nc(N)n(-c4cc5c(nn4)-c4ccccc4CCC5)n3)cc2CC1. The van der Waals surface area contributed by atoms with Gasteiger partial charge in [-0.2, -0.15) is 9.67 Å². The molecule has 2 aromatic carbocycles. The summed E-state index contributed by atoms with van der Waals surface area (Å²) in [6.07, 6.45) is 7.51. The van der Waals surface area contributed by atoms with Crippen molar-refractivity contribution in [2.24, 2.45) is 0 Å². The van der Waals surface area contributed by atoms with Crippen molar-refractivity contribution in [3.8, 4) is 17.1 Å². The number of nitrogens with two attached hydrogens (primary N) is 1. The Kier molecular flexibility index (Phi) is 7.26. The average Bonchev–Trinajstić information content (AvgIpc) is 3.08. The van der Waals surface area contributed by atoms with Crippen LogP contribution < -0.4 is 16.4 Å². The van der Waals surface area contributed by atoms with Crippen molar-refractivity contribution in [1.82, 2.24) is 35.2 Å². The van der Waals surface area contributed by atoms with Gasteiger partial charge in [0, 0.05) is 30.4 Å². The van der Waals surface area contributed by atoms with E-state index in [1.165, 1.54) is 23.1 Å². The maximum Gasteiger partial charge on any atom is 0.248 e. The summed E-state index contributed by atoms with van der Waals surface area (Å²) in [5, 5.41) is 20.8. The smallest absolute Gasteiger partial charge is 0.248 e. The molecular weight excluding hydrogens is 486 g/mol. The fraction of sp³-hybridized carbons (Fsp3) is 0.400. The number of aromatic nitrogens is 5. The van der Waals surface area contributed by atoms with Crippen LogP contribution in [-0.2, 0) is 25.7 Å². The molecule has 2 aliphatic carbocycles. The number of aryl methyl sites for hydroxylation is 4. The molecular formula is C30H37N9. The van der Waals surface area contributed by atoms with Crippen LogP contribution in [0.3, 0.4) is 0 Å². The molecule has 2 aromatic heterocycles. The van der Waals surface area contributed by atoms with Crippen molar-refractivity contribution < 1.29 is 0 Å². The van der Waals surface area contributed by atoms with Crippen molar-refractivity contribution in [1.29, 1.82) is 0 Å². The first-order valence-electron chi connectivity index (χ1n) is 14.0. The van der Waals surface area contributed by atoms with Gasteiger partial charge in [0.1, 0.15) is 0 Å². The van der Waals surface area contributed by atoms with E-state index >= 15 is 0 Å². The lowest BCUT2D eigenvalue weighted by Crippen LogP contribution is -2.35. The van der Waals surface area contributed by atoms with Crippen LogP contribution in [0, 0.1) is 0 Å². The molecule has 0 spiro atoms. The minimum atomic E-state index is 0.280. The van der Waals surface area contributed by atoms with Crippen molar-refractivity contribution in [2.45, 2.75) is 51.0 Å². The Labute approximate surface area is 229 Å². The summed E-state index contributed by atoms with van der Waals surface area (Å²) < 4.78 is 1.57. The molecule has 202 valence electrons. The molecule has 4 aromatic rings. The number of nitrogen functional groups attached to an aromatic ring is 1. The van der Waals surface area contributed by atoms with Crippen LogP contribution in [0.1, 0.15) is 41.5 Å². The van der Waals surface area contributed by atoms with E-state index in [0.717, 1.165) is 74.1 Å². The second kappa shape index (κ2) is 11.1. The van der Waals surface area contributed by atoms with Gasteiger partial charge in [0.2, 0.25) is 11.9 Å². The van der Waals surface area contributed by atoms with Gasteiger partial charge in [-0.3, -0.25) is 0 Å². The van der Waals surface area contributed by atoms with Crippen LogP contribution in [0.5, 0.6) is 0 Å². The fourth-order valence-corrected chi connectivity index (χ4v) is 5.73. The molecule has 4 N–H and O–H groups in total. The lowest BCUT2D eigenvalue weighted by Gasteiger charge is -2.18. The van der Waals surface area contributed by atoms with Crippen LogP contribution in [0.2, 0.25) is 0 Å². The zero-order valence-electron chi connectivity index (χ0n) is 22.8. The standard InChI is InChI=1S/C30H37N9/c1-38(2)17-16-32-24-13-10-20-11-15-25(18-22(20)12-14-24)33-30-34-29(31)39(37-30)27-19-23-8-5-7-21-6-3-4-9-26(21)28(23)36-35-27/h3-4,6,9,11,15,18-19,24,32H,5,7-8,10,12-14,16-17H2,1-2H3,(H3,31,33,34,37). The quantitative estimate of drug-likeness (QED) is 0.313. The van der Waals surface area contributed by atoms with E-state index in [1.807, 2.05) is 6.07 Å². The van der Waals surface area contributed by atoms with Crippen molar-refractivity contribution in [2.75, 3.05) is 38.2 Å². The number of rotatable bonds is 7. The molecule has 0 bridgehead atoms. The molecule has 39 heavy (non-hydrogen) atoms. The number of nitrogens with one attached hydrogen (secondary N) is 2. The Hall–Kier alpha value is -3.82. The second-order valence-electron chi connectivity index (χ2n) is 10.9. The van der Waals surface area contributed by atoms with Gasteiger partial charge < -0.3 is 21.3 Å². The minimum Gasteiger partial charge on any atom is -0.368 e. The van der Waals surface area contributed by atoms with E-state index in [1.54, 1.807) is 4.68 Å². The van der Waals surface area contributed by atoms with Gasteiger partial charge in [-0.1, -0.05) is 30.3 Å². The summed E-state index contributed by atoms with van der Waals surface area (Å²) in [7, 11) is 4.23. The molecule has 0 amide bonds. The summed E-state index contributed by atoms with van der Waals surface area (Å²) >= 11 is 0. The maximum absolute atomic E-state index is 6.29. The molecule has 0 saturated heterocycles. The van der Waals surface area contributed by atoms with Crippen molar-refractivity contribution in [3.63, 3.8) is 0 Å². The molecule has 9 nitrogen and oxygen atoms in total. The topological polar surface area (TPSA) is 110 Å². The first-order valence-corrected chi connectivity index (χ1v) is 14.0. The molecule has 2 aliphatic rings. The highest BCUT2D eigenvalue weighted by atomic mass is 15.4. The summed E-state index contributed by atoms with van der Waals surface area (Å²) in [5.74, 6) is 1.31. The molecule has 0 fully saturated rings. The summed E-state index contributed by atoms with van der Waals surface area (Å²) in [6.45, 7) is 2.09. The number of benzene rings is 2. The predicted molar refractivity (Wildman–Crippen MR) is 156 cm³/mol. The first kappa shape index (κ1) is 25.5. The number of nitrogens with zero attached hydrogens (tertiary/aromatic N) is 6. The van der Waals surface area contributed by atoms with Crippen LogP contribution in [0.15, 0.2) is 48.5 Å². The predicted octanol–water partition coefficient (Wildman–Crippen LogP) is 3.94. The molecule has 0 aliphatic heterocycles. The Morgan fingerprint density at radius 2 is 1.74 bits per heavy atom. The third-order valence-corrected chi connectivity index (χ3v) is 7.85. The van der Waals surface area contributed by atoms with Crippen LogP contribution in [-0.4, -0.2) is 63.1 Å². The summed E-state index contributed by atoms with van der Waals surface area (Å²) in [4.78, 5) is 6.70. The van der Waals surface area contributed by atoms with E-state index < -0.39 is 0 Å². The van der Waals surface area contributed by atoms with Gasteiger partial charge in [0.05, 0.1) is 5.69 Å². The summed E-state index contributed by atoms with van der Waals surface area (Å²) in [5.41, 5.74) is 14.7. The Bertz CT molecular complexity index is 1460. The van der Waals surface area contributed by atoms with Crippen molar-refractivity contribution in [3.05, 3.63) is 70.8 Å². The molecule has 0 saturated carbocycles. The second-order valence-corrected chi connectivity index (χ2v) is 10.9. The van der Waals surface area contributed by atoms with Crippen molar-refractivity contribution >= 4 is 17.6 Å². The number of likely N-dealkylation sites (N-methyl/N-ethyl adjacent to an activating group) is 1. The zero-order valence-corrected chi connectivity index (χ0v) is 22.8. The Balaban J connectivity index is 1.17. The number of anilines is 3. The van der Waals surface area contributed by atoms with Crippen LogP contribution in [0.4, 0.5) is 17.6 Å². The number of hydrogen-bond acceptors (Lipinski definition) is 8. The van der Waals surface area contributed by atoms with Gasteiger partial charge >= 0.3 is 0 Å². The Morgan fingerprint density at radius 3 is 2.62 bits per heavy atom. The van der Waals surface area contributed by atoms with Gasteiger partial charge in [-0.25, -0.2) is 0 Å². The molecule has 2 heterocycles. The monoisotopic (exact) mass is 523 g/mol. The minimum absolute atomic E-state index is 0.280. The highest BCUT2D eigenvalue weighted by molar-refractivity contribution is 5.68. The van der Waals surface area contributed by atoms with Gasteiger partial charge in [-0.15, -0.1) is 15.3 Å². The van der Waals surface area contributed by atoms with E-state index in [2.05, 4.69) is 92.4 Å². The Morgan fingerprint density at radius 1 is 0.923 bits per heavy atom.